The summed E-state index contributed by atoms with van der Waals surface area (Å²) in [5.41, 5.74) is 3.22. The van der Waals surface area contributed by atoms with Gasteiger partial charge in [0.15, 0.2) is 12.4 Å². The molecule has 0 saturated heterocycles. The van der Waals surface area contributed by atoms with E-state index in [0.717, 1.165) is 24.4 Å². The third-order valence-corrected chi connectivity index (χ3v) is 4.22. The summed E-state index contributed by atoms with van der Waals surface area (Å²) in [4.78, 5) is 14.5. The molecule has 2 heterocycles. The smallest absolute Gasteiger partial charge is 0.276 e. The lowest BCUT2D eigenvalue weighted by Gasteiger charge is -2.09. The van der Waals surface area contributed by atoms with Gasteiger partial charge in [-0.15, -0.1) is 0 Å². The standard InChI is InChI=1S/C20H26N6O2/c1-15-5-6-19(16(2)11-15)28-14-26-8-7-18(23-26)20(27)22-17-12-21-25(13-17)10-9-24(3)4/h5-8,11-13H,9-10,14H2,1-4H3,(H,22,27). The van der Waals surface area contributed by atoms with Crippen molar-refractivity contribution in [1.82, 2.24) is 24.5 Å². The number of hydrogen-bond acceptors (Lipinski definition) is 5. The molecule has 28 heavy (non-hydrogen) atoms. The molecule has 3 aromatic rings. The average molecular weight is 382 g/mol. The molecular formula is C20H26N6O2. The van der Waals surface area contributed by atoms with Gasteiger partial charge in [-0.3, -0.25) is 9.48 Å². The topological polar surface area (TPSA) is 77.2 Å². The molecule has 0 atom stereocenters. The number of hydrogen-bond donors (Lipinski definition) is 1. The molecule has 8 heteroatoms. The van der Waals surface area contributed by atoms with Gasteiger partial charge < -0.3 is 15.0 Å². The van der Waals surface area contributed by atoms with Crippen molar-refractivity contribution in [1.29, 1.82) is 0 Å². The van der Waals surface area contributed by atoms with E-state index in [9.17, 15) is 4.79 Å². The molecule has 0 spiro atoms. The molecule has 0 bridgehead atoms. The van der Waals surface area contributed by atoms with E-state index in [1.54, 1.807) is 27.8 Å². The van der Waals surface area contributed by atoms with Crippen molar-refractivity contribution in [3.63, 3.8) is 0 Å². The molecule has 0 unspecified atom stereocenters. The molecule has 148 valence electrons. The third kappa shape index (κ3) is 5.20. The van der Waals surface area contributed by atoms with E-state index < -0.39 is 0 Å². The van der Waals surface area contributed by atoms with Gasteiger partial charge >= 0.3 is 0 Å². The number of aryl methyl sites for hydroxylation is 2. The molecule has 0 aliphatic heterocycles. The number of nitrogens with zero attached hydrogens (tertiary/aromatic N) is 5. The Kier molecular flexibility index (Phi) is 6.10. The number of likely N-dealkylation sites (N-methyl/N-ethyl adjacent to an activating group) is 1. The number of nitrogens with one attached hydrogen (secondary N) is 1. The zero-order chi connectivity index (χ0) is 20.1. The number of amides is 1. The lowest BCUT2D eigenvalue weighted by atomic mass is 10.1. The van der Waals surface area contributed by atoms with Gasteiger partial charge in [-0.2, -0.15) is 10.2 Å². The molecule has 8 nitrogen and oxygen atoms in total. The van der Waals surface area contributed by atoms with Gasteiger partial charge in [0.05, 0.1) is 18.4 Å². The molecule has 1 amide bonds. The third-order valence-electron chi connectivity index (χ3n) is 4.22. The van der Waals surface area contributed by atoms with E-state index in [0.29, 0.717) is 11.4 Å². The van der Waals surface area contributed by atoms with Gasteiger partial charge in [0.25, 0.3) is 5.91 Å². The van der Waals surface area contributed by atoms with E-state index in [-0.39, 0.29) is 12.6 Å². The van der Waals surface area contributed by atoms with E-state index in [2.05, 4.69) is 26.5 Å². The Hall–Kier alpha value is -3.13. The Morgan fingerprint density at radius 1 is 1.21 bits per heavy atom. The van der Waals surface area contributed by atoms with Crippen molar-refractivity contribution in [3.05, 3.63) is 59.7 Å². The predicted molar refractivity (Wildman–Crippen MR) is 108 cm³/mol. The second-order valence-corrected chi connectivity index (χ2v) is 7.03. The van der Waals surface area contributed by atoms with E-state index >= 15 is 0 Å². The first-order chi connectivity index (χ1) is 13.4. The zero-order valence-corrected chi connectivity index (χ0v) is 16.7. The molecule has 0 fully saturated rings. The quantitative estimate of drug-likeness (QED) is 0.648. The van der Waals surface area contributed by atoms with Crippen LogP contribution in [0.15, 0.2) is 42.9 Å². The molecule has 2 aromatic heterocycles. The van der Waals surface area contributed by atoms with Crippen molar-refractivity contribution < 1.29 is 9.53 Å². The van der Waals surface area contributed by atoms with Crippen LogP contribution < -0.4 is 10.1 Å². The van der Waals surface area contributed by atoms with Crippen molar-refractivity contribution in [2.45, 2.75) is 27.1 Å². The largest absolute Gasteiger partial charge is 0.471 e. The first-order valence-electron chi connectivity index (χ1n) is 9.13. The Balaban J connectivity index is 1.55. The maximum Gasteiger partial charge on any atom is 0.276 e. The second kappa shape index (κ2) is 8.71. The van der Waals surface area contributed by atoms with Gasteiger partial charge in [0, 0.05) is 18.9 Å². The molecule has 0 saturated carbocycles. The summed E-state index contributed by atoms with van der Waals surface area (Å²) in [6.45, 7) is 5.91. The van der Waals surface area contributed by atoms with Crippen LogP contribution in [0.25, 0.3) is 0 Å². The Labute approximate surface area is 164 Å². The van der Waals surface area contributed by atoms with Crippen molar-refractivity contribution in [2.24, 2.45) is 0 Å². The van der Waals surface area contributed by atoms with Gasteiger partial charge in [-0.05, 0) is 45.6 Å². The minimum Gasteiger partial charge on any atom is -0.471 e. The van der Waals surface area contributed by atoms with E-state index in [1.807, 2.05) is 46.3 Å². The van der Waals surface area contributed by atoms with Crippen LogP contribution in [0.4, 0.5) is 5.69 Å². The summed E-state index contributed by atoms with van der Waals surface area (Å²) in [6.07, 6.45) is 5.16. The molecule has 3 rings (SSSR count). The van der Waals surface area contributed by atoms with Crippen LogP contribution in [0, 0.1) is 13.8 Å². The van der Waals surface area contributed by atoms with Gasteiger partial charge in [-0.25, -0.2) is 4.68 Å². The number of aromatic nitrogens is 4. The number of benzene rings is 1. The molecule has 1 aromatic carbocycles. The average Bonchev–Trinajstić information content (AvgIpc) is 3.28. The molecule has 0 aliphatic carbocycles. The van der Waals surface area contributed by atoms with Crippen molar-refractivity contribution in [3.8, 4) is 5.75 Å². The number of anilines is 1. The summed E-state index contributed by atoms with van der Waals surface area (Å²) in [5.74, 6) is 0.523. The highest BCUT2D eigenvalue weighted by Gasteiger charge is 2.11. The molecular weight excluding hydrogens is 356 g/mol. The zero-order valence-electron chi connectivity index (χ0n) is 16.7. The first-order valence-corrected chi connectivity index (χ1v) is 9.13. The van der Waals surface area contributed by atoms with Crippen LogP contribution in [0.2, 0.25) is 0 Å². The number of rotatable bonds is 8. The summed E-state index contributed by atoms with van der Waals surface area (Å²) >= 11 is 0. The molecule has 0 aliphatic rings. The van der Waals surface area contributed by atoms with Gasteiger partial charge in [0.2, 0.25) is 0 Å². The molecule has 1 N–H and O–H groups in total. The lowest BCUT2D eigenvalue weighted by Crippen LogP contribution is -2.18. The number of carbonyl (C=O) groups excluding carboxylic acids is 1. The fraction of sp³-hybridized carbons (Fsp3) is 0.350. The highest BCUT2D eigenvalue weighted by atomic mass is 16.5. The normalized spacial score (nSPS) is 11.0. The maximum absolute atomic E-state index is 12.4. The van der Waals surface area contributed by atoms with E-state index in [4.69, 9.17) is 4.74 Å². The predicted octanol–water partition coefficient (Wildman–Crippen LogP) is 2.55. The van der Waals surface area contributed by atoms with Crippen LogP contribution >= 0.6 is 0 Å². The Morgan fingerprint density at radius 3 is 2.79 bits per heavy atom. The summed E-state index contributed by atoms with van der Waals surface area (Å²) in [6, 6.07) is 7.67. The number of carbonyl (C=O) groups is 1. The molecule has 0 radical (unpaired) electrons. The summed E-state index contributed by atoms with van der Waals surface area (Å²) < 4.78 is 9.18. The minimum atomic E-state index is -0.280. The Morgan fingerprint density at radius 2 is 2.04 bits per heavy atom. The highest BCUT2D eigenvalue weighted by Crippen LogP contribution is 2.19. The van der Waals surface area contributed by atoms with Gasteiger partial charge in [-0.1, -0.05) is 17.7 Å². The highest BCUT2D eigenvalue weighted by molar-refractivity contribution is 6.02. The fourth-order valence-electron chi connectivity index (χ4n) is 2.70. The van der Waals surface area contributed by atoms with Crippen LogP contribution in [0.3, 0.4) is 0 Å². The Bertz CT molecular complexity index is 944. The monoisotopic (exact) mass is 382 g/mol. The van der Waals surface area contributed by atoms with Crippen molar-refractivity contribution in [2.75, 3.05) is 26.0 Å². The van der Waals surface area contributed by atoms with Gasteiger partial charge in [0.1, 0.15) is 5.75 Å². The van der Waals surface area contributed by atoms with Crippen LogP contribution in [-0.2, 0) is 13.3 Å². The minimum absolute atomic E-state index is 0.236. The van der Waals surface area contributed by atoms with Crippen molar-refractivity contribution >= 4 is 11.6 Å². The summed E-state index contributed by atoms with van der Waals surface area (Å²) in [5, 5.41) is 11.3. The van der Waals surface area contributed by atoms with E-state index in [1.165, 1.54) is 5.56 Å². The first kappa shape index (κ1) is 19.6. The van der Waals surface area contributed by atoms with Crippen LogP contribution in [-0.4, -0.2) is 51.0 Å². The fourth-order valence-corrected chi connectivity index (χ4v) is 2.70. The lowest BCUT2D eigenvalue weighted by molar-refractivity contribution is 0.102. The van der Waals surface area contributed by atoms with Crippen LogP contribution in [0.5, 0.6) is 5.75 Å². The maximum atomic E-state index is 12.4. The second-order valence-electron chi connectivity index (χ2n) is 7.03. The SMILES string of the molecule is Cc1ccc(OCn2ccc(C(=O)Nc3cnn(CCN(C)C)c3)n2)c(C)c1. The van der Waals surface area contributed by atoms with Crippen LogP contribution in [0.1, 0.15) is 21.6 Å². The summed E-state index contributed by atoms with van der Waals surface area (Å²) in [7, 11) is 4.01. The number of ether oxygens (including phenoxy) is 1.